The van der Waals surface area contributed by atoms with Gasteiger partial charge in [0.05, 0.1) is 11.6 Å². The maximum atomic E-state index is 12.9. The highest BCUT2D eigenvalue weighted by Gasteiger charge is 2.23. The third-order valence-electron chi connectivity index (χ3n) is 3.06. The van der Waals surface area contributed by atoms with E-state index in [9.17, 15) is 9.18 Å². The molecule has 1 aromatic rings. The first kappa shape index (κ1) is 12.4. The van der Waals surface area contributed by atoms with E-state index in [1.165, 1.54) is 18.2 Å². The number of carbonyl (C=O) groups excluding carboxylic acids is 1. The highest BCUT2D eigenvalue weighted by molar-refractivity contribution is 6.30. The Hall–Kier alpha value is -1.09. The second-order valence-electron chi connectivity index (χ2n) is 4.27. The minimum atomic E-state index is -0.454. The number of Topliss-reactive ketones (excluding diaryl/α,β-unsaturated/α-hetero) is 1. The molecule has 1 fully saturated rings. The molecule has 1 unspecified atom stereocenters. The largest absolute Gasteiger partial charge is 0.494 e. The Labute approximate surface area is 105 Å². The fourth-order valence-corrected chi connectivity index (χ4v) is 2.25. The van der Waals surface area contributed by atoms with Crippen molar-refractivity contribution in [1.29, 1.82) is 0 Å². The summed E-state index contributed by atoms with van der Waals surface area (Å²) in [5.74, 6) is 0.573. The van der Waals surface area contributed by atoms with E-state index in [4.69, 9.17) is 16.3 Å². The van der Waals surface area contributed by atoms with Gasteiger partial charge in [0.2, 0.25) is 0 Å². The van der Waals surface area contributed by atoms with Gasteiger partial charge in [-0.05, 0) is 31.4 Å². The molecule has 0 aromatic heterocycles. The zero-order valence-corrected chi connectivity index (χ0v) is 10.2. The van der Waals surface area contributed by atoms with E-state index in [0.717, 1.165) is 19.3 Å². The Kier molecular flexibility index (Phi) is 4.00. The number of hydrogen-bond donors (Lipinski definition) is 0. The first-order valence-corrected chi connectivity index (χ1v) is 6.15. The average Bonchev–Trinajstić information content (AvgIpc) is 2.70. The van der Waals surface area contributed by atoms with E-state index in [0.29, 0.717) is 24.6 Å². The number of carbonyl (C=O) groups is 1. The van der Waals surface area contributed by atoms with Gasteiger partial charge in [0.15, 0.2) is 0 Å². The van der Waals surface area contributed by atoms with Crippen LogP contribution in [-0.4, -0.2) is 12.4 Å². The van der Waals surface area contributed by atoms with Gasteiger partial charge in [-0.3, -0.25) is 4.79 Å². The molecule has 0 saturated heterocycles. The molecule has 1 aliphatic rings. The van der Waals surface area contributed by atoms with Gasteiger partial charge in [0.25, 0.3) is 0 Å². The molecule has 0 spiro atoms. The van der Waals surface area contributed by atoms with E-state index < -0.39 is 5.82 Å². The zero-order valence-electron chi connectivity index (χ0n) is 9.42. The van der Waals surface area contributed by atoms with Gasteiger partial charge in [-0.25, -0.2) is 4.39 Å². The van der Waals surface area contributed by atoms with Gasteiger partial charge in [0, 0.05) is 18.4 Å². The van der Waals surface area contributed by atoms with Crippen LogP contribution in [0.15, 0.2) is 18.2 Å². The summed E-state index contributed by atoms with van der Waals surface area (Å²) in [4.78, 5) is 11.4. The van der Waals surface area contributed by atoms with Gasteiger partial charge in [-0.1, -0.05) is 11.6 Å². The number of ketones is 1. The van der Waals surface area contributed by atoms with Crippen LogP contribution in [0.25, 0.3) is 0 Å². The standard InChI is InChI=1S/C13H14ClFO2/c14-11-8-10(4-5-12(11)15)17-7-6-9-2-1-3-13(9)16/h4-5,8-9H,1-3,6-7H2. The third kappa shape index (κ3) is 3.19. The van der Waals surface area contributed by atoms with E-state index in [1.807, 2.05) is 0 Å². The summed E-state index contributed by atoms with van der Waals surface area (Å²) in [6.07, 6.45) is 3.39. The van der Waals surface area contributed by atoms with Crippen molar-refractivity contribution < 1.29 is 13.9 Å². The van der Waals surface area contributed by atoms with Crippen molar-refractivity contribution in [3.8, 4) is 5.75 Å². The van der Waals surface area contributed by atoms with Crippen molar-refractivity contribution in [2.24, 2.45) is 5.92 Å². The van der Waals surface area contributed by atoms with Crippen LogP contribution in [0.1, 0.15) is 25.7 Å². The van der Waals surface area contributed by atoms with Crippen LogP contribution in [0.4, 0.5) is 4.39 Å². The van der Waals surface area contributed by atoms with E-state index >= 15 is 0 Å². The zero-order chi connectivity index (χ0) is 12.3. The molecule has 4 heteroatoms. The molecule has 1 aromatic carbocycles. The van der Waals surface area contributed by atoms with E-state index in [-0.39, 0.29) is 10.9 Å². The minimum Gasteiger partial charge on any atom is -0.494 e. The Morgan fingerprint density at radius 1 is 1.47 bits per heavy atom. The first-order chi connectivity index (χ1) is 8.16. The van der Waals surface area contributed by atoms with Gasteiger partial charge in [-0.2, -0.15) is 0 Å². The predicted molar refractivity (Wildman–Crippen MR) is 63.9 cm³/mol. The predicted octanol–water partition coefficient (Wildman–Crippen LogP) is 3.62. The van der Waals surface area contributed by atoms with Crippen molar-refractivity contribution >= 4 is 17.4 Å². The smallest absolute Gasteiger partial charge is 0.142 e. The number of halogens is 2. The SMILES string of the molecule is O=C1CCCC1CCOc1ccc(F)c(Cl)c1. The van der Waals surface area contributed by atoms with Gasteiger partial charge >= 0.3 is 0 Å². The lowest BCUT2D eigenvalue weighted by Gasteiger charge is -2.10. The molecule has 0 heterocycles. The Morgan fingerprint density at radius 3 is 2.94 bits per heavy atom. The quantitative estimate of drug-likeness (QED) is 0.823. The fourth-order valence-electron chi connectivity index (χ4n) is 2.08. The Bertz CT molecular complexity index is 420. The van der Waals surface area contributed by atoms with Crippen LogP contribution in [0.5, 0.6) is 5.75 Å². The molecule has 2 rings (SSSR count). The Balaban J connectivity index is 1.81. The number of hydrogen-bond acceptors (Lipinski definition) is 2. The maximum Gasteiger partial charge on any atom is 0.142 e. The molecule has 0 bridgehead atoms. The lowest BCUT2D eigenvalue weighted by molar-refractivity contribution is -0.121. The van der Waals surface area contributed by atoms with E-state index in [1.54, 1.807) is 0 Å². The lowest BCUT2D eigenvalue weighted by Crippen LogP contribution is -2.11. The molecule has 17 heavy (non-hydrogen) atoms. The van der Waals surface area contributed by atoms with Crippen molar-refractivity contribution in [3.63, 3.8) is 0 Å². The summed E-state index contributed by atoms with van der Waals surface area (Å²) in [5.41, 5.74) is 0. The minimum absolute atomic E-state index is 0.0550. The van der Waals surface area contributed by atoms with Gasteiger partial charge in [0.1, 0.15) is 17.3 Å². The summed E-state index contributed by atoms with van der Waals surface area (Å²) < 4.78 is 18.3. The second-order valence-corrected chi connectivity index (χ2v) is 4.68. The van der Waals surface area contributed by atoms with Gasteiger partial charge < -0.3 is 4.74 Å². The molecular weight excluding hydrogens is 243 g/mol. The molecule has 1 atom stereocenters. The molecule has 0 radical (unpaired) electrons. The average molecular weight is 257 g/mol. The fraction of sp³-hybridized carbons (Fsp3) is 0.462. The summed E-state index contributed by atoms with van der Waals surface area (Å²) in [7, 11) is 0. The number of ether oxygens (including phenoxy) is 1. The molecular formula is C13H14ClFO2. The summed E-state index contributed by atoms with van der Waals surface area (Å²) in [5, 5.41) is 0.0550. The third-order valence-corrected chi connectivity index (χ3v) is 3.35. The second kappa shape index (κ2) is 5.50. The van der Waals surface area contributed by atoms with Crippen molar-refractivity contribution in [3.05, 3.63) is 29.0 Å². The van der Waals surface area contributed by atoms with Crippen LogP contribution >= 0.6 is 11.6 Å². The lowest BCUT2D eigenvalue weighted by atomic mass is 10.0. The highest BCUT2D eigenvalue weighted by Crippen LogP contribution is 2.25. The molecule has 92 valence electrons. The molecule has 0 aliphatic heterocycles. The van der Waals surface area contributed by atoms with Crippen LogP contribution in [0, 0.1) is 11.7 Å². The van der Waals surface area contributed by atoms with Crippen LogP contribution in [0.3, 0.4) is 0 Å². The van der Waals surface area contributed by atoms with Crippen LogP contribution in [0.2, 0.25) is 5.02 Å². The van der Waals surface area contributed by atoms with Crippen LogP contribution < -0.4 is 4.74 Å². The van der Waals surface area contributed by atoms with Crippen molar-refractivity contribution in [2.45, 2.75) is 25.7 Å². The highest BCUT2D eigenvalue weighted by atomic mass is 35.5. The van der Waals surface area contributed by atoms with Crippen LogP contribution in [-0.2, 0) is 4.79 Å². The molecule has 0 N–H and O–H groups in total. The van der Waals surface area contributed by atoms with E-state index in [2.05, 4.69) is 0 Å². The first-order valence-electron chi connectivity index (χ1n) is 5.77. The molecule has 0 amide bonds. The summed E-state index contributed by atoms with van der Waals surface area (Å²) in [6, 6.07) is 4.27. The van der Waals surface area contributed by atoms with Gasteiger partial charge in [-0.15, -0.1) is 0 Å². The maximum absolute atomic E-state index is 12.9. The normalized spacial score (nSPS) is 19.6. The Morgan fingerprint density at radius 2 is 2.29 bits per heavy atom. The molecule has 1 aliphatic carbocycles. The summed E-state index contributed by atoms with van der Waals surface area (Å²) in [6.45, 7) is 0.471. The number of benzene rings is 1. The monoisotopic (exact) mass is 256 g/mol. The topological polar surface area (TPSA) is 26.3 Å². The van der Waals surface area contributed by atoms with Crippen molar-refractivity contribution in [2.75, 3.05) is 6.61 Å². The summed E-state index contributed by atoms with van der Waals surface area (Å²) >= 11 is 5.63. The number of rotatable bonds is 4. The molecule has 2 nitrogen and oxygen atoms in total. The van der Waals surface area contributed by atoms with Crippen molar-refractivity contribution in [1.82, 2.24) is 0 Å². The molecule has 1 saturated carbocycles.